The summed E-state index contributed by atoms with van der Waals surface area (Å²) in [7, 11) is 0. The Morgan fingerprint density at radius 3 is 2.71 bits per heavy atom. The third-order valence-electron chi connectivity index (χ3n) is 6.42. The summed E-state index contributed by atoms with van der Waals surface area (Å²) in [5, 5.41) is 13.8. The Hall–Kier alpha value is -2.39. The Kier molecular flexibility index (Phi) is 8.49. The van der Waals surface area contributed by atoms with Crippen molar-refractivity contribution in [3.05, 3.63) is 58.2 Å². The van der Waals surface area contributed by atoms with E-state index in [9.17, 15) is 4.39 Å². The number of nitrogens with zero attached hydrogens (tertiary/aromatic N) is 4. The van der Waals surface area contributed by atoms with E-state index in [2.05, 4.69) is 15.0 Å². The molecule has 188 valence electrons. The van der Waals surface area contributed by atoms with Crippen LogP contribution in [0.15, 0.2) is 36.8 Å². The predicted molar refractivity (Wildman–Crippen MR) is 136 cm³/mol. The number of rotatable bonds is 9. The first-order valence-corrected chi connectivity index (χ1v) is 12.6. The summed E-state index contributed by atoms with van der Waals surface area (Å²) >= 11 is 12.4. The van der Waals surface area contributed by atoms with E-state index in [4.69, 9.17) is 38.8 Å². The van der Waals surface area contributed by atoms with Gasteiger partial charge in [-0.1, -0.05) is 23.2 Å². The fraction of sp³-hybridized carbons (Fsp3) is 0.440. The van der Waals surface area contributed by atoms with E-state index in [0.717, 1.165) is 56.4 Å². The zero-order valence-corrected chi connectivity index (χ0v) is 21.1. The molecular weight excluding hydrogens is 492 g/mol. The smallest absolute Gasteiger partial charge is 0.166 e. The van der Waals surface area contributed by atoms with Crippen molar-refractivity contribution in [3.8, 4) is 16.9 Å². The topological polar surface area (TPSA) is 89.4 Å². The van der Waals surface area contributed by atoms with Crippen LogP contribution in [0.1, 0.15) is 50.3 Å². The van der Waals surface area contributed by atoms with Crippen molar-refractivity contribution in [3.63, 3.8) is 0 Å². The first-order chi connectivity index (χ1) is 16.9. The molecule has 4 rings (SSSR count). The minimum absolute atomic E-state index is 0.0756. The lowest BCUT2D eigenvalue weighted by atomic mass is 10.0. The molecule has 35 heavy (non-hydrogen) atoms. The van der Waals surface area contributed by atoms with E-state index in [1.165, 1.54) is 12.1 Å². The molecule has 1 aliphatic heterocycles. The number of ether oxygens (including phenoxy) is 1. The van der Waals surface area contributed by atoms with Gasteiger partial charge in [-0.15, -0.1) is 0 Å². The number of nitrogen functional groups attached to an aromatic ring is 1. The number of hydrogen-bond donors (Lipinski definition) is 2. The van der Waals surface area contributed by atoms with E-state index in [1.54, 1.807) is 19.2 Å². The summed E-state index contributed by atoms with van der Waals surface area (Å²) < 4.78 is 22.0. The molecule has 0 spiro atoms. The molecule has 1 aliphatic rings. The molecule has 0 unspecified atom stereocenters. The third-order valence-corrected chi connectivity index (χ3v) is 7.13. The van der Waals surface area contributed by atoms with Crippen LogP contribution in [0.4, 0.5) is 10.2 Å². The van der Waals surface area contributed by atoms with Gasteiger partial charge in [0.15, 0.2) is 11.6 Å². The van der Waals surface area contributed by atoms with Gasteiger partial charge in [0.2, 0.25) is 0 Å². The normalized spacial score (nSPS) is 15.9. The van der Waals surface area contributed by atoms with Gasteiger partial charge in [-0.25, -0.2) is 9.37 Å². The highest BCUT2D eigenvalue weighted by Gasteiger charge is 2.22. The van der Waals surface area contributed by atoms with Crippen molar-refractivity contribution in [2.45, 2.75) is 44.8 Å². The molecule has 3 N–H and O–H groups in total. The van der Waals surface area contributed by atoms with E-state index >= 15 is 0 Å². The van der Waals surface area contributed by atoms with Gasteiger partial charge in [0.05, 0.1) is 17.3 Å². The molecule has 0 saturated carbocycles. The van der Waals surface area contributed by atoms with Gasteiger partial charge in [-0.05, 0) is 57.4 Å². The average Bonchev–Trinajstić information content (AvgIpc) is 3.34. The van der Waals surface area contributed by atoms with E-state index in [0.29, 0.717) is 22.4 Å². The number of halogens is 3. The molecular formula is C25H30Cl2FN5O2. The highest BCUT2D eigenvalue weighted by Crippen LogP contribution is 2.37. The molecule has 0 radical (unpaired) electrons. The molecule has 3 aromatic rings. The van der Waals surface area contributed by atoms with Crippen molar-refractivity contribution < 1.29 is 14.2 Å². The zero-order chi connectivity index (χ0) is 24.9. The molecule has 1 atom stereocenters. The van der Waals surface area contributed by atoms with Gasteiger partial charge in [-0.3, -0.25) is 4.68 Å². The van der Waals surface area contributed by atoms with Gasteiger partial charge in [0, 0.05) is 53.8 Å². The SMILES string of the molecule is C[C@@H](Oc1cc(-c2cnn(C3CCN(CCCCO)CC3)c2)cnc1N)c1c(Cl)ccc(F)c1Cl. The number of aromatic nitrogens is 3. The van der Waals surface area contributed by atoms with E-state index < -0.39 is 11.9 Å². The van der Waals surface area contributed by atoms with Crippen LogP contribution in [-0.4, -0.2) is 51.0 Å². The Morgan fingerprint density at radius 2 is 1.97 bits per heavy atom. The Morgan fingerprint density at radius 1 is 1.20 bits per heavy atom. The number of pyridine rings is 1. The summed E-state index contributed by atoms with van der Waals surface area (Å²) in [6.45, 7) is 5.06. The molecule has 7 nitrogen and oxygen atoms in total. The minimum Gasteiger partial charge on any atom is -0.482 e. The number of piperidine rings is 1. The van der Waals surface area contributed by atoms with E-state index in [1.807, 2.05) is 17.1 Å². The fourth-order valence-corrected chi connectivity index (χ4v) is 5.09. The Balaban J connectivity index is 1.45. The van der Waals surface area contributed by atoms with Crippen molar-refractivity contribution in [1.29, 1.82) is 0 Å². The van der Waals surface area contributed by atoms with Gasteiger partial charge >= 0.3 is 0 Å². The second kappa shape index (κ2) is 11.6. The summed E-state index contributed by atoms with van der Waals surface area (Å²) in [5.74, 6) is 0.00492. The lowest BCUT2D eigenvalue weighted by Crippen LogP contribution is -2.35. The van der Waals surface area contributed by atoms with Crippen LogP contribution in [-0.2, 0) is 0 Å². The van der Waals surface area contributed by atoms with Crippen LogP contribution in [0.2, 0.25) is 10.0 Å². The van der Waals surface area contributed by atoms with Crippen molar-refractivity contribution in [2.75, 3.05) is 32.0 Å². The zero-order valence-electron chi connectivity index (χ0n) is 19.6. The molecule has 1 aromatic carbocycles. The summed E-state index contributed by atoms with van der Waals surface area (Å²) in [5.41, 5.74) is 8.13. The van der Waals surface area contributed by atoms with Crippen LogP contribution in [0.25, 0.3) is 11.1 Å². The molecule has 3 heterocycles. The van der Waals surface area contributed by atoms with Crippen molar-refractivity contribution >= 4 is 29.0 Å². The standard InChI is InChI=1S/C25H30Cl2FN5O2/c1-16(23-20(26)4-5-21(28)24(23)27)35-22-12-17(13-30-25(22)29)18-14-31-33(15-18)19-6-9-32(10-7-19)8-2-3-11-34/h4-5,12-16,19,34H,2-3,6-11H2,1H3,(H2,29,30)/t16-/m1/s1. The van der Waals surface area contributed by atoms with Crippen LogP contribution in [0.3, 0.4) is 0 Å². The van der Waals surface area contributed by atoms with Crippen molar-refractivity contribution in [2.24, 2.45) is 0 Å². The first kappa shape index (κ1) is 25.7. The second-order valence-corrected chi connectivity index (χ2v) is 9.62. The van der Waals surface area contributed by atoms with Crippen LogP contribution < -0.4 is 10.5 Å². The largest absolute Gasteiger partial charge is 0.482 e. The number of likely N-dealkylation sites (tertiary alicyclic amines) is 1. The molecule has 1 saturated heterocycles. The van der Waals surface area contributed by atoms with Gasteiger partial charge in [0.25, 0.3) is 0 Å². The molecule has 10 heteroatoms. The number of nitrogens with two attached hydrogens (primary N) is 1. The molecule has 1 fully saturated rings. The summed E-state index contributed by atoms with van der Waals surface area (Å²) in [6, 6.07) is 4.80. The minimum atomic E-state index is -0.643. The maximum absolute atomic E-state index is 14.0. The number of aliphatic hydroxyl groups excluding tert-OH is 1. The van der Waals surface area contributed by atoms with Gasteiger partial charge < -0.3 is 20.5 Å². The number of aliphatic hydroxyl groups is 1. The fourth-order valence-electron chi connectivity index (χ4n) is 4.41. The third kappa shape index (κ3) is 6.06. The average molecular weight is 522 g/mol. The van der Waals surface area contributed by atoms with Crippen LogP contribution in [0.5, 0.6) is 5.75 Å². The van der Waals surface area contributed by atoms with Crippen LogP contribution in [0, 0.1) is 5.82 Å². The maximum atomic E-state index is 14.0. The number of hydrogen-bond acceptors (Lipinski definition) is 6. The Labute approximate surface area is 214 Å². The van der Waals surface area contributed by atoms with Crippen molar-refractivity contribution in [1.82, 2.24) is 19.7 Å². The number of anilines is 1. The molecule has 0 aliphatic carbocycles. The number of benzene rings is 1. The number of unbranched alkanes of at least 4 members (excludes halogenated alkanes) is 1. The highest BCUT2D eigenvalue weighted by atomic mass is 35.5. The lowest BCUT2D eigenvalue weighted by molar-refractivity contribution is 0.172. The van der Waals surface area contributed by atoms with E-state index in [-0.39, 0.29) is 17.4 Å². The monoisotopic (exact) mass is 521 g/mol. The molecule has 0 bridgehead atoms. The maximum Gasteiger partial charge on any atom is 0.166 e. The molecule has 2 aromatic heterocycles. The summed E-state index contributed by atoms with van der Waals surface area (Å²) in [4.78, 5) is 6.73. The summed E-state index contributed by atoms with van der Waals surface area (Å²) in [6.07, 6.45) is 8.81. The first-order valence-electron chi connectivity index (χ1n) is 11.8. The highest BCUT2D eigenvalue weighted by molar-refractivity contribution is 6.36. The quantitative estimate of drug-likeness (QED) is 0.284. The Bertz CT molecular complexity index is 1150. The van der Waals surface area contributed by atoms with Gasteiger partial charge in [0.1, 0.15) is 11.9 Å². The predicted octanol–water partition coefficient (Wildman–Crippen LogP) is 5.52. The van der Waals surface area contributed by atoms with Crippen LogP contribution >= 0.6 is 23.2 Å². The van der Waals surface area contributed by atoms with Gasteiger partial charge in [-0.2, -0.15) is 5.10 Å². The second-order valence-electron chi connectivity index (χ2n) is 8.84. The lowest BCUT2D eigenvalue weighted by Gasteiger charge is -2.32. The molecule has 0 amide bonds.